The maximum Gasteiger partial charge on any atom is 0.307 e. The molecular weight excluding hydrogens is 240 g/mol. The van der Waals surface area contributed by atoms with Crippen molar-refractivity contribution < 1.29 is 9.21 Å². The molecule has 0 aliphatic heterocycles. The zero-order valence-corrected chi connectivity index (χ0v) is 10.4. The van der Waals surface area contributed by atoms with Gasteiger partial charge in [-0.1, -0.05) is 30.4 Å². The first kappa shape index (κ1) is 11.7. The van der Waals surface area contributed by atoms with Crippen molar-refractivity contribution in [2.75, 3.05) is 6.54 Å². The van der Waals surface area contributed by atoms with Crippen LogP contribution in [-0.4, -0.2) is 17.4 Å². The molecule has 1 aliphatic carbocycles. The number of carbonyl (C=O) groups is 1. The zero-order valence-electron chi connectivity index (χ0n) is 10.4. The molecule has 0 radical (unpaired) electrons. The minimum atomic E-state index is -0.281. The van der Waals surface area contributed by atoms with Gasteiger partial charge in [-0.05, 0) is 30.5 Å². The van der Waals surface area contributed by atoms with E-state index in [9.17, 15) is 4.79 Å². The van der Waals surface area contributed by atoms with Crippen LogP contribution >= 0.6 is 0 Å². The average Bonchev–Trinajstić information content (AvgIpc) is 2.90. The van der Waals surface area contributed by atoms with E-state index in [0.717, 1.165) is 18.4 Å². The van der Waals surface area contributed by atoms with Gasteiger partial charge < -0.3 is 9.73 Å². The minimum Gasteiger partial charge on any atom is -0.432 e. The van der Waals surface area contributed by atoms with Gasteiger partial charge in [0, 0.05) is 6.54 Å². The van der Waals surface area contributed by atoms with Crippen molar-refractivity contribution in [3.05, 3.63) is 54.0 Å². The van der Waals surface area contributed by atoms with Crippen LogP contribution in [0.1, 0.15) is 23.5 Å². The molecule has 1 aliphatic rings. The Balaban J connectivity index is 1.69. The predicted octanol–water partition coefficient (Wildman–Crippen LogP) is 2.83. The summed E-state index contributed by atoms with van der Waals surface area (Å²) in [6.07, 6.45) is 8.39. The summed E-state index contributed by atoms with van der Waals surface area (Å²) in [7, 11) is 0. The summed E-state index contributed by atoms with van der Waals surface area (Å²) in [5.74, 6) is -0.169. The van der Waals surface area contributed by atoms with Gasteiger partial charge >= 0.3 is 5.91 Å². The van der Waals surface area contributed by atoms with E-state index in [1.165, 1.54) is 0 Å². The Labute approximate surface area is 110 Å². The Morgan fingerprint density at radius 3 is 3.00 bits per heavy atom. The maximum atomic E-state index is 11.9. The smallest absolute Gasteiger partial charge is 0.307 e. The molecule has 3 rings (SSSR count). The predicted molar refractivity (Wildman–Crippen MR) is 72.8 cm³/mol. The van der Waals surface area contributed by atoms with Crippen molar-refractivity contribution in [2.24, 2.45) is 0 Å². The number of rotatable bonds is 3. The van der Waals surface area contributed by atoms with E-state index in [-0.39, 0.29) is 11.8 Å². The number of aromatic nitrogens is 1. The molecule has 0 saturated heterocycles. The highest BCUT2D eigenvalue weighted by Crippen LogP contribution is 2.14. The largest absolute Gasteiger partial charge is 0.432 e. The molecule has 96 valence electrons. The molecule has 0 fully saturated rings. The molecule has 1 amide bonds. The summed E-state index contributed by atoms with van der Waals surface area (Å²) in [6, 6.07) is 7.34. The summed E-state index contributed by atoms with van der Waals surface area (Å²) in [5, 5.41) is 2.81. The van der Waals surface area contributed by atoms with E-state index >= 15 is 0 Å². The highest BCUT2D eigenvalue weighted by molar-refractivity contribution is 5.92. The van der Waals surface area contributed by atoms with Gasteiger partial charge in [0.25, 0.3) is 5.89 Å². The first-order valence-electron chi connectivity index (χ1n) is 6.32. The number of fused-ring (bicyclic) bond motifs is 1. The number of nitrogens with one attached hydrogen (secondary N) is 1. The lowest BCUT2D eigenvalue weighted by molar-refractivity contribution is 0.0925. The quantitative estimate of drug-likeness (QED) is 0.916. The maximum absolute atomic E-state index is 11.9. The molecule has 19 heavy (non-hydrogen) atoms. The molecule has 0 unspecified atom stereocenters. The van der Waals surface area contributed by atoms with E-state index < -0.39 is 0 Å². The van der Waals surface area contributed by atoms with Crippen molar-refractivity contribution in [3.8, 4) is 0 Å². The Hall–Kier alpha value is -2.36. The number of amides is 1. The number of para-hydroxylation sites is 2. The summed E-state index contributed by atoms with van der Waals surface area (Å²) in [6.45, 7) is 0.508. The third kappa shape index (κ3) is 2.57. The second-order valence-electron chi connectivity index (χ2n) is 4.43. The van der Waals surface area contributed by atoms with E-state index in [1.54, 1.807) is 6.07 Å². The lowest BCUT2D eigenvalue weighted by Gasteiger charge is -2.06. The van der Waals surface area contributed by atoms with Crippen molar-refractivity contribution in [1.82, 2.24) is 10.3 Å². The summed E-state index contributed by atoms with van der Waals surface area (Å²) in [4.78, 5) is 16.1. The van der Waals surface area contributed by atoms with Crippen LogP contribution < -0.4 is 5.32 Å². The summed E-state index contributed by atoms with van der Waals surface area (Å²) >= 11 is 0. The Morgan fingerprint density at radius 1 is 1.32 bits per heavy atom. The first-order valence-corrected chi connectivity index (χ1v) is 6.32. The topological polar surface area (TPSA) is 55.1 Å². The van der Waals surface area contributed by atoms with Gasteiger partial charge in [0.15, 0.2) is 5.58 Å². The number of allylic oxidation sites excluding steroid dienone is 2. The summed E-state index contributed by atoms with van der Waals surface area (Å²) < 4.78 is 5.41. The molecular formula is C15H14N2O2. The van der Waals surface area contributed by atoms with Crippen LogP contribution in [0.15, 0.2) is 52.5 Å². The van der Waals surface area contributed by atoms with E-state index in [2.05, 4.69) is 22.5 Å². The number of hydrogen-bond acceptors (Lipinski definition) is 3. The molecule has 0 saturated carbocycles. The molecule has 4 nitrogen and oxygen atoms in total. The number of nitrogens with zero attached hydrogens (tertiary/aromatic N) is 1. The molecule has 1 aromatic carbocycles. The molecule has 1 heterocycles. The third-order valence-electron chi connectivity index (χ3n) is 3.01. The number of benzene rings is 1. The molecule has 4 heteroatoms. The van der Waals surface area contributed by atoms with Crippen LogP contribution in [0.4, 0.5) is 0 Å². The van der Waals surface area contributed by atoms with E-state index in [4.69, 9.17) is 4.42 Å². The van der Waals surface area contributed by atoms with Crippen LogP contribution in [0.25, 0.3) is 11.1 Å². The molecule has 2 aromatic rings. The van der Waals surface area contributed by atoms with Crippen LogP contribution in [0.5, 0.6) is 0 Å². The second-order valence-corrected chi connectivity index (χ2v) is 4.43. The molecule has 0 atom stereocenters. The fourth-order valence-electron chi connectivity index (χ4n) is 2.03. The van der Waals surface area contributed by atoms with Gasteiger partial charge in [-0.25, -0.2) is 4.98 Å². The monoisotopic (exact) mass is 254 g/mol. The highest BCUT2D eigenvalue weighted by atomic mass is 16.4. The van der Waals surface area contributed by atoms with Gasteiger partial charge in [0.2, 0.25) is 0 Å². The molecule has 0 spiro atoms. The van der Waals surface area contributed by atoms with Crippen molar-refractivity contribution in [3.63, 3.8) is 0 Å². The Kier molecular flexibility index (Phi) is 3.14. The van der Waals surface area contributed by atoms with Crippen LogP contribution in [0.2, 0.25) is 0 Å². The third-order valence-corrected chi connectivity index (χ3v) is 3.01. The van der Waals surface area contributed by atoms with Crippen LogP contribution in [-0.2, 0) is 0 Å². The van der Waals surface area contributed by atoms with Crippen molar-refractivity contribution in [2.45, 2.75) is 12.8 Å². The van der Waals surface area contributed by atoms with Gasteiger partial charge in [0.05, 0.1) is 0 Å². The number of hydrogen-bond donors (Lipinski definition) is 1. The van der Waals surface area contributed by atoms with Gasteiger partial charge in [0.1, 0.15) is 5.52 Å². The minimum absolute atomic E-state index is 0.113. The second kappa shape index (κ2) is 5.10. The lowest BCUT2D eigenvalue weighted by Crippen LogP contribution is -2.25. The average molecular weight is 254 g/mol. The van der Waals surface area contributed by atoms with Crippen molar-refractivity contribution in [1.29, 1.82) is 0 Å². The SMILES string of the molecule is O=C(NCC1=CCCC=C1)c1nc2ccccc2o1. The van der Waals surface area contributed by atoms with Crippen molar-refractivity contribution >= 4 is 17.0 Å². The lowest BCUT2D eigenvalue weighted by atomic mass is 10.1. The van der Waals surface area contributed by atoms with Gasteiger partial charge in [-0.3, -0.25) is 4.79 Å². The Bertz CT molecular complexity index is 635. The Morgan fingerprint density at radius 2 is 2.21 bits per heavy atom. The zero-order chi connectivity index (χ0) is 13.1. The van der Waals surface area contributed by atoms with Gasteiger partial charge in [-0.2, -0.15) is 0 Å². The fraction of sp³-hybridized carbons (Fsp3) is 0.200. The molecule has 1 N–H and O–H groups in total. The normalized spacial score (nSPS) is 14.4. The van der Waals surface area contributed by atoms with Crippen LogP contribution in [0.3, 0.4) is 0 Å². The number of carbonyl (C=O) groups excluding carboxylic acids is 1. The van der Waals surface area contributed by atoms with E-state index in [0.29, 0.717) is 17.6 Å². The fourth-order valence-corrected chi connectivity index (χ4v) is 2.03. The van der Waals surface area contributed by atoms with Crippen LogP contribution in [0, 0.1) is 0 Å². The molecule has 1 aromatic heterocycles. The van der Waals surface area contributed by atoms with E-state index in [1.807, 2.05) is 24.3 Å². The molecule has 0 bridgehead atoms. The summed E-state index contributed by atoms with van der Waals surface area (Å²) in [5.41, 5.74) is 2.45. The standard InChI is InChI=1S/C15H14N2O2/c18-14(16-10-11-6-2-1-3-7-11)15-17-12-8-4-5-9-13(12)19-15/h2,4-9H,1,3,10H2,(H,16,18). The highest BCUT2D eigenvalue weighted by Gasteiger charge is 2.13. The first-order chi connectivity index (χ1) is 9.33. The number of oxazole rings is 1. The van der Waals surface area contributed by atoms with Gasteiger partial charge in [-0.15, -0.1) is 0 Å².